The van der Waals surface area contributed by atoms with Gasteiger partial charge in [-0.3, -0.25) is 4.79 Å². The molecule has 0 unspecified atom stereocenters. The van der Waals surface area contributed by atoms with Crippen molar-refractivity contribution in [3.63, 3.8) is 0 Å². The van der Waals surface area contributed by atoms with Crippen molar-refractivity contribution in [2.24, 2.45) is 0 Å². The molecule has 0 aliphatic rings. The third-order valence-electron chi connectivity index (χ3n) is 2.68. The van der Waals surface area contributed by atoms with Gasteiger partial charge in [-0.25, -0.2) is 0 Å². The van der Waals surface area contributed by atoms with E-state index in [1.165, 1.54) is 0 Å². The zero-order chi connectivity index (χ0) is 14.4. The first-order valence-corrected chi connectivity index (χ1v) is 7.04. The quantitative estimate of drug-likeness (QED) is 0.786. The highest BCUT2D eigenvalue weighted by molar-refractivity contribution is 9.10. The van der Waals surface area contributed by atoms with Crippen LogP contribution in [0, 0.1) is 0 Å². The van der Waals surface area contributed by atoms with Gasteiger partial charge in [-0.1, -0.05) is 12.1 Å². The van der Waals surface area contributed by atoms with Gasteiger partial charge in [0.1, 0.15) is 5.58 Å². The van der Waals surface area contributed by atoms with Crippen molar-refractivity contribution >= 4 is 32.8 Å². The minimum Gasteiger partial charge on any atom is -0.450 e. The first kappa shape index (κ1) is 15.0. The lowest BCUT2D eigenvalue weighted by atomic mass is 10.2. The molecular weight excluding hydrogens is 326 g/mol. The molecule has 0 aliphatic carbocycles. The summed E-state index contributed by atoms with van der Waals surface area (Å²) in [4.78, 5) is 11.9. The van der Waals surface area contributed by atoms with E-state index in [0.717, 1.165) is 9.86 Å². The van der Waals surface area contributed by atoms with E-state index in [4.69, 9.17) is 13.9 Å². The van der Waals surface area contributed by atoms with Crippen LogP contribution < -0.4 is 5.32 Å². The lowest BCUT2D eigenvalue weighted by Crippen LogP contribution is -2.27. The number of rotatable bonds is 7. The van der Waals surface area contributed by atoms with Crippen LogP contribution in [-0.4, -0.2) is 39.4 Å². The zero-order valence-corrected chi connectivity index (χ0v) is 12.7. The molecule has 0 saturated heterocycles. The highest BCUT2D eigenvalue weighted by Crippen LogP contribution is 2.26. The molecule has 6 heteroatoms. The molecular formula is C14H16BrNO4. The Hall–Kier alpha value is -1.37. The fourth-order valence-corrected chi connectivity index (χ4v) is 2.17. The maximum absolute atomic E-state index is 11.9. The number of fused-ring (bicyclic) bond motifs is 1. The predicted molar refractivity (Wildman–Crippen MR) is 78.9 cm³/mol. The fourth-order valence-electron chi connectivity index (χ4n) is 1.71. The molecule has 0 fully saturated rings. The van der Waals surface area contributed by atoms with Gasteiger partial charge in [-0.15, -0.1) is 0 Å². The van der Waals surface area contributed by atoms with Crippen LogP contribution in [0.5, 0.6) is 0 Å². The Labute approximate surface area is 125 Å². The largest absolute Gasteiger partial charge is 0.450 e. The Kier molecular flexibility index (Phi) is 5.58. The fraction of sp³-hybridized carbons (Fsp3) is 0.357. The monoisotopic (exact) mass is 341 g/mol. The Balaban J connectivity index is 1.86. The van der Waals surface area contributed by atoms with E-state index < -0.39 is 0 Å². The first-order chi connectivity index (χ1) is 9.72. The van der Waals surface area contributed by atoms with E-state index in [2.05, 4.69) is 21.2 Å². The highest BCUT2D eigenvalue weighted by Gasteiger charge is 2.12. The summed E-state index contributed by atoms with van der Waals surface area (Å²) in [6, 6.07) is 7.39. The van der Waals surface area contributed by atoms with Gasteiger partial charge in [0.25, 0.3) is 5.91 Å². The number of para-hydroxylation sites is 1. The molecule has 5 nitrogen and oxygen atoms in total. The molecule has 20 heavy (non-hydrogen) atoms. The minimum atomic E-state index is -0.247. The molecule has 0 spiro atoms. The molecule has 0 bridgehead atoms. The van der Waals surface area contributed by atoms with Gasteiger partial charge >= 0.3 is 0 Å². The molecule has 2 rings (SSSR count). The number of benzene rings is 1. The summed E-state index contributed by atoms with van der Waals surface area (Å²) >= 11 is 3.39. The summed E-state index contributed by atoms with van der Waals surface area (Å²) in [5.41, 5.74) is 0.675. The van der Waals surface area contributed by atoms with Crippen LogP contribution >= 0.6 is 15.9 Å². The van der Waals surface area contributed by atoms with Crippen molar-refractivity contribution in [1.29, 1.82) is 0 Å². The standard InChI is InChI=1S/C14H16BrNO4/c1-18-7-8-19-6-5-16-14(17)12-9-10-3-2-4-11(15)13(10)20-12/h2-4,9H,5-8H2,1H3,(H,16,17). The Morgan fingerprint density at radius 3 is 2.95 bits per heavy atom. The average Bonchev–Trinajstić information content (AvgIpc) is 2.88. The van der Waals surface area contributed by atoms with Gasteiger partial charge < -0.3 is 19.2 Å². The predicted octanol–water partition coefficient (Wildman–Crippen LogP) is 2.59. The zero-order valence-electron chi connectivity index (χ0n) is 11.1. The second kappa shape index (κ2) is 7.42. The molecule has 1 aromatic carbocycles. The normalized spacial score (nSPS) is 10.9. The molecule has 0 saturated carbocycles. The third-order valence-corrected chi connectivity index (χ3v) is 3.31. The van der Waals surface area contributed by atoms with Crippen LogP contribution in [0.4, 0.5) is 0 Å². The number of hydrogen-bond acceptors (Lipinski definition) is 4. The maximum Gasteiger partial charge on any atom is 0.287 e. The van der Waals surface area contributed by atoms with Gasteiger partial charge in [0.2, 0.25) is 0 Å². The second-order valence-electron chi connectivity index (χ2n) is 4.13. The molecule has 1 aromatic heterocycles. The van der Waals surface area contributed by atoms with Gasteiger partial charge in [-0.05, 0) is 28.1 Å². The molecule has 0 radical (unpaired) electrons. The number of carbonyl (C=O) groups is 1. The van der Waals surface area contributed by atoms with Crippen molar-refractivity contribution in [3.05, 3.63) is 34.5 Å². The summed E-state index contributed by atoms with van der Waals surface area (Å²) in [6.07, 6.45) is 0. The molecule has 0 atom stereocenters. The van der Waals surface area contributed by atoms with Crippen LogP contribution in [0.2, 0.25) is 0 Å². The van der Waals surface area contributed by atoms with Crippen molar-refractivity contribution in [2.75, 3.05) is 33.5 Å². The van der Waals surface area contributed by atoms with E-state index in [-0.39, 0.29) is 5.91 Å². The van der Waals surface area contributed by atoms with Crippen molar-refractivity contribution < 1.29 is 18.7 Å². The molecule has 0 aliphatic heterocycles. The smallest absolute Gasteiger partial charge is 0.287 e. The van der Waals surface area contributed by atoms with Gasteiger partial charge in [0, 0.05) is 19.0 Å². The van der Waals surface area contributed by atoms with Crippen molar-refractivity contribution in [3.8, 4) is 0 Å². The van der Waals surface area contributed by atoms with Crippen LogP contribution in [0.3, 0.4) is 0 Å². The summed E-state index contributed by atoms with van der Waals surface area (Å²) < 4.78 is 16.5. The Morgan fingerprint density at radius 2 is 2.20 bits per heavy atom. The van der Waals surface area contributed by atoms with Crippen LogP contribution in [0.25, 0.3) is 11.0 Å². The first-order valence-electron chi connectivity index (χ1n) is 6.25. The number of hydrogen-bond donors (Lipinski definition) is 1. The molecule has 2 aromatic rings. The summed E-state index contributed by atoms with van der Waals surface area (Å²) in [5, 5.41) is 3.63. The average molecular weight is 342 g/mol. The molecule has 108 valence electrons. The minimum absolute atomic E-state index is 0.247. The lowest BCUT2D eigenvalue weighted by molar-refractivity contribution is 0.0687. The van der Waals surface area contributed by atoms with E-state index >= 15 is 0 Å². The van der Waals surface area contributed by atoms with E-state index in [1.54, 1.807) is 13.2 Å². The van der Waals surface area contributed by atoms with Crippen LogP contribution in [0.15, 0.2) is 33.2 Å². The van der Waals surface area contributed by atoms with Gasteiger partial charge in [0.15, 0.2) is 5.76 Å². The summed E-state index contributed by atoms with van der Waals surface area (Å²) in [6.45, 7) is 1.94. The Morgan fingerprint density at radius 1 is 1.35 bits per heavy atom. The second-order valence-corrected chi connectivity index (χ2v) is 4.98. The lowest BCUT2D eigenvalue weighted by Gasteiger charge is -2.04. The number of methoxy groups -OCH3 is 1. The van der Waals surface area contributed by atoms with E-state index in [0.29, 0.717) is 37.7 Å². The molecule has 1 heterocycles. The van der Waals surface area contributed by atoms with Crippen LogP contribution in [0.1, 0.15) is 10.6 Å². The molecule has 1 amide bonds. The number of amides is 1. The number of ether oxygens (including phenoxy) is 2. The Bertz CT molecular complexity index is 582. The van der Waals surface area contributed by atoms with Crippen molar-refractivity contribution in [2.45, 2.75) is 0 Å². The number of nitrogens with one attached hydrogen (secondary N) is 1. The van der Waals surface area contributed by atoms with Gasteiger partial charge in [-0.2, -0.15) is 0 Å². The topological polar surface area (TPSA) is 60.7 Å². The van der Waals surface area contributed by atoms with E-state index in [9.17, 15) is 4.79 Å². The van der Waals surface area contributed by atoms with Crippen molar-refractivity contribution in [1.82, 2.24) is 5.32 Å². The highest BCUT2D eigenvalue weighted by atomic mass is 79.9. The van der Waals surface area contributed by atoms with Crippen LogP contribution in [-0.2, 0) is 9.47 Å². The molecule has 1 N–H and O–H groups in total. The summed E-state index contributed by atoms with van der Waals surface area (Å²) in [5.74, 6) is 0.0484. The summed E-state index contributed by atoms with van der Waals surface area (Å²) in [7, 11) is 1.62. The number of carbonyl (C=O) groups excluding carboxylic acids is 1. The maximum atomic E-state index is 11.9. The number of halogens is 1. The van der Waals surface area contributed by atoms with E-state index in [1.807, 2.05) is 18.2 Å². The van der Waals surface area contributed by atoms with Gasteiger partial charge in [0.05, 0.1) is 24.3 Å². The third kappa shape index (κ3) is 3.82. The SMILES string of the molecule is COCCOCCNC(=O)c1cc2cccc(Br)c2o1. The number of furan rings is 1.